The SMILES string of the molecule is Cc1cnn(C)c1N1CCc2c(c(C(F)(F)F)nn2-c2cccc(C(=O)N(C)c3ccc4c(c3)OCO4)c2)C1. The number of aryl methyl sites for hydroxylation is 2. The van der Waals surface area contributed by atoms with Gasteiger partial charge < -0.3 is 19.3 Å². The second-order valence-corrected chi connectivity index (χ2v) is 9.58. The zero-order valence-electron chi connectivity index (χ0n) is 21.5. The standard InChI is InChI=1S/C27H25F3N6O3/c1-16-13-31-34(3)25(16)35-10-9-21-20(14-35)24(27(28,29)30)32-36(21)19-6-4-5-17(11-19)26(37)33(2)18-7-8-22-23(12-18)39-15-38-22/h4-8,11-13H,9-10,14-15H2,1-3H3. The van der Waals surface area contributed by atoms with Crippen LogP contribution in [0.5, 0.6) is 11.5 Å². The van der Waals surface area contributed by atoms with Gasteiger partial charge in [-0.15, -0.1) is 0 Å². The highest BCUT2D eigenvalue weighted by atomic mass is 19.4. The van der Waals surface area contributed by atoms with E-state index in [2.05, 4.69) is 10.2 Å². The summed E-state index contributed by atoms with van der Waals surface area (Å²) in [4.78, 5) is 16.7. The van der Waals surface area contributed by atoms with E-state index in [1.165, 1.54) is 9.58 Å². The molecule has 0 fully saturated rings. The number of halogens is 3. The van der Waals surface area contributed by atoms with E-state index in [9.17, 15) is 18.0 Å². The second kappa shape index (κ2) is 9.07. The van der Waals surface area contributed by atoms with E-state index in [0.29, 0.717) is 47.1 Å². The Morgan fingerprint density at radius 1 is 1.10 bits per heavy atom. The van der Waals surface area contributed by atoms with Gasteiger partial charge in [0, 0.05) is 62.0 Å². The zero-order chi connectivity index (χ0) is 27.5. The quantitative estimate of drug-likeness (QED) is 0.381. The molecule has 4 aromatic rings. The Kier molecular flexibility index (Phi) is 5.77. The first-order valence-corrected chi connectivity index (χ1v) is 12.3. The average molecular weight is 539 g/mol. The highest BCUT2D eigenvalue weighted by Gasteiger charge is 2.41. The molecule has 0 radical (unpaired) electrons. The van der Waals surface area contributed by atoms with Gasteiger partial charge in [-0.1, -0.05) is 6.07 Å². The molecule has 9 nitrogen and oxygen atoms in total. The molecule has 202 valence electrons. The molecular weight excluding hydrogens is 513 g/mol. The molecule has 0 spiro atoms. The number of aromatic nitrogens is 4. The first-order valence-electron chi connectivity index (χ1n) is 12.3. The van der Waals surface area contributed by atoms with Crippen LogP contribution in [0.1, 0.15) is 32.9 Å². The molecule has 2 aliphatic rings. The fourth-order valence-corrected chi connectivity index (χ4v) is 5.21. The molecule has 0 unspecified atom stereocenters. The lowest BCUT2D eigenvalue weighted by Crippen LogP contribution is -2.33. The van der Waals surface area contributed by atoms with Crippen molar-refractivity contribution in [3.05, 3.63) is 76.7 Å². The summed E-state index contributed by atoms with van der Waals surface area (Å²) in [7, 11) is 3.40. The summed E-state index contributed by atoms with van der Waals surface area (Å²) in [6, 6.07) is 11.7. The number of amides is 1. The van der Waals surface area contributed by atoms with Crippen molar-refractivity contribution in [3.63, 3.8) is 0 Å². The summed E-state index contributed by atoms with van der Waals surface area (Å²) in [6.45, 7) is 2.55. The fourth-order valence-electron chi connectivity index (χ4n) is 5.21. The van der Waals surface area contributed by atoms with Crippen LogP contribution in [0.4, 0.5) is 24.7 Å². The molecule has 0 bridgehead atoms. The Bertz CT molecular complexity index is 1570. The molecule has 0 aliphatic carbocycles. The van der Waals surface area contributed by atoms with Crippen molar-refractivity contribution in [1.29, 1.82) is 0 Å². The van der Waals surface area contributed by atoms with Gasteiger partial charge in [-0.05, 0) is 37.3 Å². The van der Waals surface area contributed by atoms with Crippen LogP contribution in [0.15, 0.2) is 48.7 Å². The van der Waals surface area contributed by atoms with Crippen molar-refractivity contribution in [2.75, 3.05) is 30.2 Å². The van der Waals surface area contributed by atoms with Gasteiger partial charge in [0.25, 0.3) is 5.91 Å². The van der Waals surface area contributed by atoms with E-state index in [1.807, 2.05) is 11.8 Å². The van der Waals surface area contributed by atoms with E-state index in [1.54, 1.807) is 67.4 Å². The summed E-state index contributed by atoms with van der Waals surface area (Å²) in [5.74, 6) is 1.59. The average Bonchev–Trinajstić information content (AvgIpc) is 3.63. The minimum atomic E-state index is -4.63. The van der Waals surface area contributed by atoms with Gasteiger partial charge in [0.1, 0.15) is 5.82 Å². The minimum Gasteiger partial charge on any atom is -0.454 e. The topological polar surface area (TPSA) is 77.7 Å². The number of nitrogens with zero attached hydrogens (tertiary/aromatic N) is 6. The third-order valence-corrected chi connectivity index (χ3v) is 7.09. The Morgan fingerprint density at radius 3 is 2.64 bits per heavy atom. The monoisotopic (exact) mass is 538 g/mol. The molecular formula is C27H25F3N6O3. The first-order chi connectivity index (χ1) is 18.6. The molecule has 0 saturated carbocycles. The molecule has 6 rings (SSSR count). The number of ether oxygens (including phenoxy) is 2. The van der Waals surface area contributed by atoms with E-state index in [-0.39, 0.29) is 24.8 Å². The van der Waals surface area contributed by atoms with E-state index in [4.69, 9.17) is 9.47 Å². The summed E-state index contributed by atoms with van der Waals surface area (Å²) < 4.78 is 56.1. The number of rotatable bonds is 4. The van der Waals surface area contributed by atoms with Crippen LogP contribution in [0.25, 0.3) is 5.69 Å². The van der Waals surface area contributed by atoms with Crippen LogP contribution < -0.4 is 19.3 Å². The molecule has 2 aromatic carbocycles. The molecule has 12 heteroatoms. The molecule has 0 saturated heterocycles. The molecule has 0 N–H and O–H groups in total. The van der Waals surface area contributed by atoms with E-state index < -0.39 is 11.9 Å². The zero-order valence-corrected chi connectivity index (χ0v) is 21.5. The van der Waals surface area contributed by atoms with Crippen molar-refractivity contribution >= 4 is 17.4 Å². The normalized spacial score (nSPS) is 14.5. The van der Waals surface area contributed by atoms with Crippen LogP contribution >= 0.6 is 0 Å². The highest BCUT2D eigenvalue weighted by Crippen LogP contribution is 2.38. The van der Waals surface area contributed by atoms with Crippen LogP contribution in [-0.4, -0.2) is 45.9 Å². The van der Waals surface area contributed by atoms with Gasteiger partial charge in [-0.2, -0.15) is 23.4 Å². The van der Waals surface area contributed by atoms with Crippen molar-refractivity contribution in [2.24, 2.45) is 7.05 Å². The number of hydrogen-bond donors (Lipinski definition) is 0. The van der Waals surface area contributed by atoms with Gasteiger partial charge in [-0.3, -0.25) is 9.48 Å². The number of anilines is 2. The number of alkyl halides is 3. The summed E-state index contributed by atoms with van der Waals surface area (Å²) >= 11 is 0. The number of hydrogen-bond acceptors (Lipinski definition) is 6. The van der Waals surface area contributed by atoms with Crippen LogP contribution in [0, 0.1) is 6.92 Å². The number of carbonyl (C=O) groups is 1. The van der Waals surface area contributed by atoms with Crippen LogP contribution in [0.2, 0.25) is 0 Å². The van der Waals surface area contributed by atoms with Crippen molar-refractivity contribution in [1.82, 2.24) is 19.6 Å². The summed E-state index contributed by atoms with van der Waals surface area (Å²) in [5, 5.41) is 8.26. The van der Waals surface area contributed by atoms with Gasteiger partial charge in [0.2, 0.25) is 6.79 Å². The van der Waals surface area contributed by atoms with Crippen LogP contribution in [-0.2, 0) is 26.2 Å². The number of benzene rings is 2. The lowest BCUT2D eigenvalue weighted by atomic mass is 10.0. The van der Waals surface area contributed by atoms with Gasteiger partial charge in [0.15, 0.2) is 17.2 Å². The Morgan fingerprint density at radius 2 is 1.90 bits per heavy atom. The lowest BCUT2D eigenvalue weighted by molar-refractivity contribution is -0.142. The number of fused-ring (bicyclic) bond motifs is 2. The number of carbonyl (C=O) groups excluding carboxylic acids is 1. The summed E-state index contributed by atoms with van der Waals surface area (Å²) in [5.41, 5.74) is 1.87. The lowest BCUT2D eigenvalue weighted by Gasteiger charge is -2.30. The maximum atomic E-state index is 14.1. The largest absolute Gasteiger partial charge is 0.454 e. The smallest absolute Gasteiger partial charge is 0.435 e. The fraction of sp³-hybridized carbons (Fsp3) is 0.296. The Labute approximate surface area is 221 Å². The molecule has 1 amide bonds. The highest BCUT2D eigenvalue weighted by molar-refractivity contribution is 6.06. The van der Waals surface area contributed by atoms with Crippen LogP contribution in [0.3, 0.4) is 0 Å². The first kappa shape index (κ1) is 24.8. The second-order valence-electron chi connectivity index (χ2n) is 9.58. The van der Waals surface area contributed by atoms with Gasteiger partial charge >= 0.3 is 6.18 Å². The molecule has 39 heavy (non-hydrogen) atoms. The molecule has 2 aliphatic heterocycles. The third-order valence-electron chi connectivity index (χ3n) is 7.09. The minimum absolute atomic E-state index is 0.0516. The Hall–Kier alpha value is -4.48. The maximum absolute atomic E-state index is 14.1. The van der Waals surface area contributed by atoms with Crippen molar-refractivity contribution in [3.8, 4) is 17.2 Å². The predicted molar refractivity (Wildman–Crippen MR) is 137 cm³/mol. The van der Waals surface area contributed by atoms with Gasteiger partial charge in [0.05, 0.1) is 17.6 Å². The van der Waals surface area contributed by atoms with E-state index >= 15 is 0 Å². The van der Waals surface area contributed by atoms with Crippen molar-refractivity contribution in [2.45, 2.75) is 26.1 Å². The van der Waals surface area contributed by atoms with E-state index in [0.717, 1.165) is 11.4 Å². The predicted octanol–water partition coefficient (Wildman–Crippen LogP) is 4.50. The van der Waals surface area contributed by atoms with Gasteiger partial charge in [-0.25, -0.2) is 4.68 Å². The Balaban J connectivity index is 1.34. The summed E-state index contributed by atoms with van der Waals surface area (Å²) in [6.07, 6.45) is -2.59. The van der Waals surface area contributed by atoms with Crippen molar-refractivity contribution < 1.29 is 27.4 Å². The maximum Gasteiger partial charge on any atom is 0.435 e. The third kappa shape index (κ3) is 4.25. The molecule has 4 heterocycles. The molecule has 0 atom stereocenters. The molecule has 2 aromatic heterocycles.